The van der Waals surface area contributed by atoms with E-state index in [1.165, 1.54) is 23.9 Å². The lowest BCUT2D eigenvalue weighted by molar-refractivity contribution is -0.137. The molecule has 0 N–H and O–H groups in total. The number of ketones is 1. The third-order valence-electron chi connectivity index (χ3n) is 6.37. The Hall–Kier alpha value is -4.57. The molecule has 0 aliphatic rings. The molecule has 0 amide bonds. The van der Waals surface area contributed by atoms with E-state index in [9.17, 15) is 18.0 Å². The molecule has 10 heteroatoms. The number of nitrogens with zero attached hydrogens (tertiary/aromatic N) is 3. The molecular weight excluding hydrogens is 551 g/mol. The van der Waals surface area contributed by atoms with E-state index in [0.29, 0.717) is 39.3 Å². The van der Waals surface area contributed by atoms with E-state index < -0.39 is 17.0 Å². The van der Waals surface area contributed by atoms with Gasteiger partial charge in [0.15, 0.2) is 16.8 Å². The fourth-order valence-electron chi connectivity index (χ4n) is 4.22. The molecule has 4 aromatic carbocycles. The van der Waals surface area contributed by atoms with Gasteiger partial charge in [-0.25, -0.2) is 0 Å². The fourth-order valence-corrected chi connectivity index (χ4v) is 5.35. The normalized spacial score (nSPS) is 12.1. The van der Waals surface area contributed by atoms with Gasteiger partial charge in [-0.1, -0.05) is 54.2 Å². The van der Waals surface area contributed by atoms with Gasteiger partial charge in [0.1, 0.15) is 16.7 Å². The number of rotatable bonds is 9. The van der Waals surface area contributed by atoms with Gasteiger partial charge in [-0.05, 0) is 66.2 Å². The number of carbonyl (C=O) groups excluding carboxylic acids is 1. The molecule has 0 saturated heterocycles. The maximum absolute atomic E-state index is 13.9. The average molecular weight is 576 g/mol. The summed E-state index contributed by atoms with van der Waals surface area (Å²) in [6.07, 6.45) is -4.46. The zero-order valence-corrected chi connectivity index (χ0v) is 22.8. The summed E-state index contributed by atoms with van der Waals surface area (Å²) in [6.45, 7) is 0. The number of carbonyl (C=O) groups is 1. The lowest BCUT2D eigenvalue weighted by Crippen LogP contribution is -2.11. The third kappa shape index (κ3) is 6.12. The van der Waals surface area contributed by atoms with Gasteiger partial charge >= 0.3 is 6.18 Å². The van der Waals surface area contributed by atoms with Crippen molar-refractivity contribution in [2.45, 2.75) is 16.6 Å². The Morgan fingerprint density at radius 1 is 0.780 bits per heavy atom. The molecule has 1 atom stereocenters. The van der Waals surface area contributed by atoms with Gasteiger partial charge in [-0.15, -0.1) is 10.2 Å². The summed E-state index contributed by atoms with van der Waals surface area (Å²) in [5.74, 6) is 1.45. The van der Waals surface area contributed by atoms with Crippen molar-refractivity contribution in [3.05, 3.63) is 120 Å². The van der Waals surface area contributed by atoms with E-state index in [-0.39, 0.29) is 5.78 Å². The second-order valence-electron chi connectivity index (χ2n) is 8.92. The van der Waals surface area contributed by atoms with E-state index >= 15 is 0 Å². The van der Waals surface area contributed by atoms with E-state index in [2.05, 4.69) is 10.2 Å². The number of para-hydroxylation sites is 1. The van der Waals surface area contributed by atoms with Crippen molar-refractivity contribution in [2.75, 3.05) is 14.2 Å². The minimum absolute atomic E-state index is 0.165. The quantitative estimate of drug-likeness (QED) is 0.133. The molecule has 0 saturated carbocycles. The number of ether oxygens (including phenoxy) is 2. The van der Waals surface area contributed by atoms with Crippen LogP contribution in [0.25, 0.3) is 17.1 Å². The van der Waals surface area contributed by atoms with Gasteiger partial charge in [-0.2, -0.15) is 13.2 Å². The van der Waals surface area contributed by atoms with Crippen LogP contribution >= 0.6 is 11.8 Å². The summed E-state index contributed by atoms with van der Waals surface area (Å²) in [7, 11) is 3.12. The van der Waals surface area contributed by atoms with Gasteiger partial charge in [0.25, 0.3) is 0 Å². The second-order valence-corrected chi connectivity index (χ2v) is 9.99. The SMILES string of the molecule is COc1ccc(C(=O)C(Sc2nnc(-c3ccc(C(F)(F)F)cc3)n2-c2ccccc2)c2ccc(OC)cc2)cc1. The summed E-state index contributed by atoms with van der Waals surface area (Å²) in [4.78, 5) is 13.9. The monoisotopic (exact) mass is 575 g/mol. The van der Waals surface area contributed by atoms with Crippen molar-refractivity contribution >= 4 is 17.5 Å². The van der Waals surface area contributed by atoms with Gasteiger partial charge in [0.2, 0.25) is 0 Å². The van der Waals surface area contributed by atoms with Crippen molar-refractivity contribution in [3.63, 3.8) is 0 Å². The Morgan fingerprint density at radius 2 is 1.37 bits per heavy atom. The van der Waals surface area contributed by atoms with Crippen LogP contribution in [-0.2, 0) is 6.18 Å². The Morgan fingerprint density at radius 3 is 1.93 bits per heavy atom. The first-order valence-corrected chi connectivity index (χ1v) is 13.3. The highest BCUT2D eigenvalue weighted by Crippen LogP contribution is 2.40. The maximum Gasteiger partial charge on any atom is 0.416 e. The molecule has 6 nitrogen and oxygen atoms in total. The van der Waals surface area contributed by atoms with Gasteiger partial charge in [0, 0.05) is 16.8 Å². The van der Waals surface area contributed by atoms with E-state index in [1.54, 1.807) is 55.2 Å². The van der Waals surface area contributed by atoms with Crippen LogP contribution in [0.5, 0.6) is 11.5 Å². The molecule has 5 aromatic rings. The number of hydrogen-bond donors (Lipinski definition) is 0. The zero-order valence-electron chi connectivity index (χ0n) is 22.0. The predicted octanol–water partition coefficient (Wildman–Crippen LogP) is 7.69. The molecule has 0 bridgehead atoms. The molecule has 5 rings (SSSR count). The number of Topliss-reactive ketones (excluding diaryl/α,β-unsaturated/α-hetero) is 1. The van der Waals surface area contributed by atoms with Crippen molar-refractivity contribution in [2.24, 2.45) is 0 Å². The van der Waals surface area contributed by atoms with E-state index in [4.69, 9.17) is 9.47 Å². The van der Waals surface area contributed by atoms with E-state index in [1.807, 2.05) is 42.5 Å². The maximum atomic E-state index is 13.9. The number of halogens is 3. The van der Waals surface area contributed by atoms with Gasteiger partial charge < -0.3 is 9.47 Å². The number of alkyl halides is 3. The van der Waals surface area contributed by atoms with Crippen LogP contribution in [0.2, 0.25) is 0 Å². The number of aromatic nitrogens is 3. The zero-order chi connectivity index (χ0) is 29.0. The molecule has 0 spiro atoms. The fraction of sp³-hybridized carbons (Fsp3) is 0.129. The highest BCUT2D eigenvalue weighted by Gasteiger charge is 2.31. The van der Waals surface area contributed by atoms with Crippen molar-refractivity contribution in [3.8, 4) is 28.6 Å². The second kappa shape index (κ2) is 11.9. The summed E-state index contributed by atoms with van der Waals surface area (Å²) < 4.78 is 51.9. The molecule has 0 radical (unpaired) electrons. The lowest BCUT2D eigenvalue weighted by atomic mass is 10.0. The summed E-state index contributed by atoms with van der Waals surface area (Å²) >= 11 is 1.20. The molecule has 1 unspecified atom stereocenters. The predicted molar refractivity (Wildman–Crippen MR) is 151 cm³/mol. The average Bonchev–Trinajstić information content (AvgIpc) is 3.43. The molecule has 41 heavy (non-hydrogen) atoms. The van der Waals surface area contributed by atoms with Crippen molar-refractivity contribution < 1.29 is 27.4 Å². The van der Waals surface area contributed by atoms with Gasteiger partial charge in [-0.3, -0.25) is 9.36 Å². The van der Waals surface area contributed by atoms with Crippen LogP contribution in [0.1, 0.15) is 26.7 Å². The van der Waals surface area contributed by atoms with Crippen LogP contribution < -0.4 is 9.47 Å². The van der Waals surface area contributed by atoms with Gasteiger partial charge in [0.05, 0.1) is 19.8 Å². The number of hydrogen-bond acceptors (Lipinski definition) is 6. The van der Waals surface area contributed by atoms with Crippen LogP contribution in [0.3, 0.4) is 0 Å². The smallest absolute Gasteiger partial charge is 0.416 e. The molecule has 0 aliphatic carbocycles. The minimum atomic E-state index is -4.46. The number of thioether (sulfide) groups is 1. The first-order chi connectivity index (χ1) is 19.8. The standard InChI is InChI=1S/C31H24F3N3O3S/c1-39-25-16-10-20(11-17-25)27(38)28(21-12-18-26(40-2)19-13-21)41-30-36-35-29(37(30)24-6-4-3-5-7-24)22-8-14-23(15-9-22)31(32,33)34/h3-19,28H,1-2H3. The first kappa shape index (κ1) is 28.0. The summed E-state index contributed by atoms with van der Waals surface area (Å²) in [6, 6.07) is 28.0. The third-order valence-corrected chi connectivity index (χ3v) is 7.57. The summed E-state index contributed by atoms with van der Waals surface area (Å²) in [5, 5.41) is 8.42. The molecule has 1 aromatic heterocycles. The highest BCUT2D eigenvalue weighted by molar-refractivity contribution is 8.00. The molecule has 208 valence electrons. The molecular formula is C31H24F3N3O3S. The molecule has 0 fully saturated rings. The Kier molecular flexibility index (Phi) is 8.11. The van der Waals surface area contributed by atoms with Crippen LogP contribution in [0.4, 0.5) is 13.2 Å². The topological polar surface area (TPSA) is 66.2 Å². The minimum Gasteiger partial charge on any atom is -0.497 e. The molecule has 1 heterocycles. The molecule has 0 aliphatic heterocycles. The van der Waals surface area contributed by atoms with Crippen molar-refractivity contribution in [1.29, 1.82) is 0 Å². The Balaban J connectivity index is 1.59. The number of benzene rings is 4. The van der Waals surface area contributed by atoms with E-state index in [0.717, 1.165) is 17.7 Å². The Bertz CT molecular complexity index is 1620. The lowest BCUT2D eigenvalue weighted by Gasteiger charge is -2.18. The van der Waals surface area contributed by atoms with Crippen LogP contribution in [0, 0.1) is 0 Å². The largest absolute Gasteiger partial charge is 0.497 e. The summed E-state index contributed by atoms with van der Waals surface area (Å²) in [5.41, 5.74) is 1.58. The first-order valence-electron chi connectivity index (χ1n) is 12.5. The Labute approximate surface area is 238 Å². The highest BCUT2D eigenvalue weighted by atomic mass is 32.2. The van der Waals surface area contributed by atoms with Crippen LogP contribution in [0.15, 0.2) is 108 Å². The van der Waals surface area contributed by atoms with Crippen LogP contribution in [-0.4, -0.2) is 34.8 Å². The number of methoxy groups -OCH3 is 2. The van der Waals surface area contributed by atoms with Crippen molar-refractivity contribution in [1.82, 2.24) is 14.8 Å².